The first kappa shape index (κ1) is 20.1. The molecule has 0 aliphatic heterocycles. The quantitative estimate of drug-likeness (QED) is 0.631. The van der Waals surface area contributed by atoms with Gasteiger partial charge in [0.05, 0.1) is 20.6 Å². The van der Waals surface area contributed by atoms with Crippen LogP contribution in [0.4, 0.5) is 17.3 Å². The Hall–Kier alpha value is -3.61. The van der Waals surface area contributed by atoms with E-state index < -0.39 is 0 Å². The highest BCUT2D eigenvalue weighted by Crippen LogP contribution is 2.27. The molecule has 0 bridgehead atoms. The van der Waals surface area contributed by atoms with Gasteiger partial charge >= 0.3 is 0 Å². The number of rotatable bonds is 7. The highest BCUT2D eigenvalue weighted by Gasteiger charge is 2.09. The molecule has 0 saturated carbocycles. The normalized spacial score (nSPS) is 10.3. The summed E-state index contributed by atoms with van der Waals surface area (Å²) in [6.45, 7) is 3.85. The molecule has 3 rings (SSSR count). The number of benzene rings is 2. The third-order valence-corrected chi connectivity index (χ3v) is 4.22. The Morgan fingerprint density at radius 1 is 0.862 bits per heavy atom. The minimum atomic E-state index is -0.115. The number of methoxy groups -OCH3 is 2. The summed E-state index contributed by atoms with van der Waals surface area (Å²) in [6, 6.07) is 14.8. The molecular weight excluding hydrogens is 368 g/mol. The van der Waals surface area contributed by atoms with E-state index in [2.05, 4.69) is 20.6 Å². The van der Waals surface area contributed by atoms with Crippen molar-refractivity contribution in [1.82, 2.24) is 9.97 Å². The van der Waals surface area contributed by atoms with Crippen molar-refractivity contribution in [3.63, 3.8) is 0 Å². The van der Waals surface area contributed by atoms with Crippen molar-refractivity contribution in [2.45, 2.75) is 20.3 Å². The fourth-order valence-corrected chi connectivity index (χ4v) is 2.93. The van der Waals surface area contributed by atoms with Crippen molar-refractivity contribution < 1.29 is 14.3 Å². The number of hydrogen-bond donors (Lipinski definition) is 2. The van der Waals surface area contributed by atoms with Gasteiger partial charge in [0.25, 0.3) is 0 Å². The fraction of sp³-hybridized carbons (Fsp3) is 0.227. The lowest BCUT2D eigenvalue weighted by Gasteiger charge is -2.10. The largest absolute Gasteiger partial charge is 0.493 e. The fourth-order valence-electron chi connectivity index (χ4n) is 2.93. The molecule has 150 valence electrons. The molecule has 0 atom stereocenters. The number of hydrogen-bond acceptors (Lipinski definition) is 6. The van der Waals surface area contributed by atoms with Gasteiger partial charge in [-0.15, -0.1) is 0 Å². The molecule has 0 radical (unpaired) electrons. The first-order valence-electron chi connectivity index (χ1n) is 9.17. The molecule has 0 saturated heterocycles. The van der Waals surface area contributed by atoms with Crippen molar-refractivity contribution in [1.29, 1.82) is 0 Å². The molecule has 0 fully saturated rings. The number of aromatic nitrogens is 2. The summed E-state index contributed by atoms with van der Waals surface area (Å²) in [5.74, 6) is 1.66. The van der Waals surface area contributed by atoms with Crippen molar-refractivity contribution >= 4 is 23.2 Å². The van der Waals surface area contributed by atoms with Crippen LogP contribution in [0, 0.1) is 13.8 Å². The number of anilines is 3. The van der Waals surface area contributed by atoms with Crippen molar-refractivity contribution in [3.05, 3.63) is 65.5 Å². The Labute approximate surface area is 170 Å². The van der Waals surface area contributed by atoms with Crippen LogP contribution in [0.3, 0.4) is 0 Å². The van der Waals surface area contributed by atoms with E-state index in [1.165, 1.54) is 0 Å². The van der Waals surface area contributed by atoms with Crippen LogP contribution < -0.4 is 20.1 Å². The van der Waals surface area contributed by atoms with E-state index in [1.807, 2.05) is 50.2 Å². The molecule has 0 aliphatic carbocycles. The molecule has 7 nitrogen and oxygen atoms in total. The summed E-state index contributed by atoms with van der Waals surface area (Å²) < 4.78 is 10.5. The Kier molecular flexibility index (Phi) is 6.29. The molecule has 0 spiro atoms. The number of nitrogens with one attached hydrogen (secondary N) is 2. The van der Waals surface area contributed by atoms with Crippen molar-refractivity contribution in [2.24, 2.45) is 0 Å². The Balaban J connectivity index is 1.61. The highest BCUT2D eigenvalue weighted by molar-refractivity contribution is 5.92. The second-order valence-corrected chi connectivity index (χ2v) is 6.59. The monoisotopic (exact) mass is 392 g/mol. The number of carbonyl (C=O) groups is 1. The lowest BCUT2D eigenvalue weighted by molar-refractivity contribution is -0.115. The maximum absolute atomic E-state index is 12.4. The third-order valence-electron chi connectivity index (χ3n) is 4.22. The summed E-state index contributed by atoms with van der Waals surface area (Å²) in [7, 11) is 3.15. The van der Waals surface area contributed by atoms with Crippen LogP contribution in [0.1, 0.15) is 17.0 Å². The van der Waals surface area contributed by atoms with Crippen LogP contribution in [-0.2, 0) is 11.2 Å². The number of nitrogens with zero attached hydrogens (tertiary/aromatic N) is 2. The lowest BCUT2D eigenvalue weighted by Crippen LogP contribution is -2.14. The van der Waals surface area contributed by atoms with E-state index in [4.69, 9.17) is 9.47 Å². The number of aryl methyl sites for hydroxylation is 2. The summed E-state index contributed by atoms with van der Waals surface area (Å²) in [5.41, 5.74) is 4.19. The number of ether oxygens (including phenoxy) is 2. The smallest absolute Gasteiger partial charge is 0.228 e. The first-order valence-corrected chi connectivity index (χ1v) is 9.17. The lowest BCUT2D eigenvalue weighted by atomic mass is 10.1. The van der Waals surface area contributed by atoms with Crippen molar-refractivity contribution in [3.8, 4) is 11.5 Å². The maximum Gasteiger partial charge on any atom is 0.228 e. The molecule has 29 heavy (non-hydrogen) atoms. The van der Waals surface area contributed by atoms with Crippen LogP contribution in [0.25, 0.3) is 0 Å². The molecule has 1 amide bonds. The van der Waals surface area contributed by atoms with E-state index in [1.54, 1.807) is 26.4 Å². The second-order valence-electron chi connectivity index (χ2n) is 6.59. The second kappa shape index (κ2) is 9.05. The summed E-state index contributed by atoms with van der Waals surface area (Å²) >= 11 is 0. The first-order chi connectivity index (χ1) is 14.0. The summed E-state index contributed by atoms with van der Waals surface area (Å²) in [5, 5.41) is 6.06. The van der Waals surface area contributed by atoms with Gasteiger partial charge in [0.2, 0.25) is 11.9 Å². The highest BCUT2D eigenvalue weighted by atomic mass is 16.5. The molecule has 7 heteroatoms. The van der Waals surface area contributed by atoms with Gasteiger partial charge in [-0.3, -0.25) is 4.79 Å². The Morgan fingerprint density at radius 3 is 2.10 bits per heavy atom. The molecule has 0 aliphatic rings. The Bertz CT molecular complexity index is 983. The van der Waals surface area contributed by atoms with E-state index in [0.717, 1.165) is 22.6 Å². The Morgan fingerprint density at radius 2 is 1.48 bits per heavy atom. The zero-order chi connectivity index (χ0) is 20.8. The van der Waals surface area contributed by atoms with Crippen LogP contribution >= 0.6 is 0 Å². The standard InChI is InChI=1S/C22H24N4O3/c1-14-11-15(2)24-22(23-14)26-18-8-6-17(7-9-18)25-21(27)13-16-5-10-19(28-3)20(12-16)29-4/h5-12H,13H2,1-4H3,(H,25,27)(H,23,24,26). The van der Waals surface area contributed by atoms with Crippen LogP contribution in [-0.4, -0.2) is 30.1 Å². The van der Waals surface area contributed by atoms with Gasteiger partial charge < -0.3 is 20.1 Å². The van der Waals surface area contributed by atoms with Crippen molar-refractivity contribution in [2.75, 3.05) is 24.9 Å². The number of amides is 1. The molecule has 1 heterocycles. The van der Waals surface area contributed by atoms with Gasteiger partial charge in [-0.2, -0.15) is 0 Å². The van der Waals surface area contributed by atoms with E-state index in [9.17, 15) is 4.79 Å². The molecule has 2 N–H and O–H groups in total. The van der Waals surface area contributed by atoms with Gasteiger partial charge in [-0.1, -0.05) is 6.07 Å². The molecule has 3 aromatic rings. The van der Waals surface area contributed by atoms with Crippen LogP contribution in [0.5, 0.6) is 11.5 Å². The third kappa shape index (κ3) is 5.44. The minimum Gasteiger partial charge on any atom is -0.493 e. The zero-order valence-electron chi connectivity index (χ0n) is 16.9. The molecule has 1 aromatic heterocycles. The predicted molar refractivity (Wildman–Crippen MR) is 113 cm³/mol. The topological polar surface area (TPSA) is 85.4 Å². The average molecular weight is 392 g/mol. The van der Waals surface area contributed by atoms with Gasteiger partial charge in [-0.25, -0.2) is 9.97 Å². The molecular formula is C22H24N4O3. The minimum absolute atomic E-state index is 0.115. The zero-order valence-corrected chi connectivity index (χ0v) is 16.9. The summed E-state index contributed by atoms with van der Waals surface area (Å²) in [6.07, 6.45) is 0.233. The SMILES string of the molecule is COc1ccc(CC(=O)Nc2ccc(Nc3nc(C)cc(C)n3)cc2)cc1OC. The van der Waals surface area contributed by atoms with E-state index in [-0.39, 0.29) is 12.3 Å². The average Bonchev–Trinajstić information content (AvgIpc) is 2.68. The molecule has 0 unspecified atom stereocenters. The van der Waals surface area contributed by atoms with Gasteiger partial charge in [-0.05, 0) is 61.9 Å². The van der Waals surface area contributed by atoms with Gasteiger partial charge in [0, 0.05) is 22.8 Å². The van der Waals surface area contributed by atoms with E-state index >= 15 is 0 Å². The predicted octanol–water partition coefficient (Wildman–Crippen LogP) is 4.04. The van der Waals surface area contributed by atoms with Crippen LogP contribution in [0.2, 0.25) is 0 Å². The van der Waals surface area contributed by atoms with E-state index in [0.29, 0.717) is 23.1 Å². The number of carbonyl (C=O) groups excluding carboxylic acids is 1. The summed E-state index contributed by atoms with van der Waals surface area (Å²) in [4.78, 5) is 21.1. The van der Waals surface area contributed by atoms with Gasteiger partial charge in [0.1, 0.15) is 0 Å². The van der Waals surface area contributed by atoms with Crippen LogP contribution in [0.15, 0.2) is 48.5 Å². The molecule has 2 aromatic carbocycles. The van der Waals surface area contributed by atoms with Gasteiger partial charge in [0.15, 0.2) is 11.5 Å². The maximum atomic E-state index is 12.4.